The van der Waals surface area contributed by atoms with Gasteiger partial charge in [0.2, 0.25) is 5.76 Å². The van der Waals surface area contributed by atoms with Crippen LogP contribution >= 0.6 is 0 Å². The molecule has 5 nitrogen and oxygen atoms in total. The summed E-state index contributed by atoms with van der Waals surface area (Å²) >= 11 is 0. The van der Waals surface area contributed by atoms with Crippen LogP contribution in [0.4, 0.5) is 14.5 Å². The molecule has 7 heteroatoms. The van der Waals surface area contributed by atoms with Crippen LogP contribution in [0.15, 0.2) is 59.1 Å². The van der Waals surface area contributed by atoms with Gasteiger partial charge >= 0.3 is 0 Å². The Kier molecular flexibility index (Phi) is 5.06. The van der Waals surface area contributed by atoms with Gasteiger partial charge < -0.3 is 14.7 Å². The minimum Gasteiger partial charge on any atom is -0.382 e. The summed E-state index contributed by atoms with van der Waals surface area (Å²) in [5.41, 5.74) is 1.85. The first-order valence-electron chi connectivity index (χ1n) is 9.12. The second-order valence-electron chi connectivity index (χ2n) is 6.80. The Balaban J connectivity index is 1.36. The molecule has 0 saturated carbocycles. The molecule has 2 heterocycles. The van der Waals surface area contributed by atoms with Crippen molar-refractivity contribution in [2.45, 2.75) is 18.9 Å². The van der Waals surface area contributed by atoms with Crippen molar-refractivity contribution >= 4 is 11.6 Å². The first-order valence-corrected chi connectivity index (χ1v) is 9.12. The van der Waals surface area contributed by atoms with Gasteiger partial charge in [-0.15, -0.1) is 0 Å². The molecular weight excluding hydrogens is 364 g/mol. The number of benzene rings is 2. The van der Waals surface area contributed by atoms with Crippen LogP contribution in [0.25, 0.3) is 11.3 Å². The number of rotatable bonds is 4. The highest BCUT2D eigenvalue weighted by molar-refractivity contribution is 5.92. The van der Waals surface area contributed by atoms with Crippen LogP contribution < -0.4 is 5.32 Å². The van der Waals surface area contributed by atoms with Gasteiger partial charge in [-0.3, -0.25) is 4.79 Å². The predicted octanol–water partition coefficient (Wildman–Crippen LogP) is 4.34. The predicted molar refractivity (Wildman–Crippen MR) is 101 cm³/mol. The average molecular weight is 383 g/mol. The molecule has 3 aromatic rings. The second-order valence-corrected chi connectivity index (χ2v) is 6.80. The Hall–Kier alpha value is -3.22. The normalized spacial score (nSPS) is 14.9. The van der Waals surface area contributed by atoms with Gasteiger partial charge in [0.25, 0.3) is 5.91 Å². The van der Waals surface area contributed by atoms with E-state index in [1.807, 2.05) is 0 Å². The molecule has 2 aromatic carbocycles. The number of anilines is 1. The molecule has 0 bridgehead atoms. The van der Waals surface area contributed by atoms with E-state index in [0.717, 1.165) is 18.5 Å². The first kappa shape index (κ1) is 18.2. The number of carbonyl (C=O) groups is 1. The molecule has 1 N–H and O–H groups in total. The first-order chi connectivity index (χ1) is 13.6. The molecule has 1 amide bonds. The highest BCUT2D eigenvalue weighted by atomic mass is 19.1. The van der Waals surface area contributed by atoms with Gasteiger partial charge in [-0.1, -0.05) is 17.3 Å². The number of halogens is 2. The molecule has 144 valence electrons. The maximum absolute atomic E-state index is 13.4. The molecule has 1 fully saturated rings. The van der Waals surface area contributed by atoms with Crippen LogP contribution in [0.5, 0.6) is 0 Å². The van der Waals surface area contributed by atoms with E-state index in [9.17, 15) is 13.6 Å². The lowest BCUT2D eigenvalue weighted by Gasteiger charge is -2.32. The number of nitrogens with zero attached hydrogens (tertiary/aromatic N) is 2. The summed E-state index contributed by atoms with van der Waals surface area (Å²) < 4.78 is 31.5. The molecule has 28 heavy (non-hydrogen) atoms. The van der Waals surface area contributed by atoms with Crippen LogP contribution in [0.3, 0.4) is 0 Å². The smallest absolute Gasteiger partial charge is 0.292 e. The molecule has 0 spiro atoms. The summed E-state index contributed by atoms with van der Waals surface area (Å²) in [5, 5.41) is 7.25. The third-order valence-corrected chi connectivity index (χ3v) is 4.84. The number of carbonyl (C=O) groups excluding carboxylic acids is 1. The summed E-state index contributed by atoms with van der Waals surface area (Å²) in [4.78, 5) is 14.4. The van der Waals surface area contributed by atoms with Crippen LogP contribution in [0.1, 0.15) is 23.4 Å². The highest BCUT2D eigenvalue weighted by Gasteiger charge is 2.26. The van der Waals surface area contributed by atoms with E-state index in [4.69, 9.17) is 4.52 Å². The van der Waals surface area contributed by atoms with Crippen molar-refractivity contribution < 1.29 is 18.1 Å². The molecular formula is C21H19F2N3O2. The zero-order chi connectivity index (χ0) is 19.5. The largest absolute Gasteiger partial charge is 0.382 e. The van der Waals surface area contributed by atoms with Gasteiger partial charge in [-0.2, -0.15) is 0 Å². The zero-order valence-corrected chi connectivity index (χ0v) is 15.1. The quantitative estimate of drug-likeness (QED) is 0.728. The van der Waals surface area contributed by atoms with Crippen molar-refractivity contribution in [1.29, 1.82) is 0 Å². The van der Waals surface area contributed by atoms with Crippen molar-refractivity contribution in [2.75, 3.05) is 18.4 Å². The summed E-state index contributed by atoms with van der Waals surface area (Å²) in [6.45, 7) is 1.15. The molecule has 1 aliphatic heterocycles. The molecule has 1 aromatic heterocycles. The van der Waals surface area contributed by atoms with Crippen molar-refractivity contribution in [1.82, 2.24) is 10.1 Å². The van der Waals surface area contributed by atoms with Crippen LogP contribution in [0, 0.1) is 11.6 Å². The maximum atomic E-state index is 13.4. The Morgan fingerprint density at radius 3 is 2.50 bits per heavy atom. The van der Waals surface area contributed by atoms with Crippen molar-refractivity contribution in [3.8, 4) is 11.3 Å². The summed E-state index contributed by atoms with van der Waals surface area (Å²) in [6, 6.07) is 14.0. The number of aromatic nitrogens is 1. The lowest BCUT2D eigenvalue weighted by Crippen LogP contribution is -2.42. The highest BCUT2D eigenvalue weighted by Crippen LogP contribution is 2.23. The number of hydrogen-bond donors (Lipinski definition) is 1. The van der Waals surface area contributed by atoms with Crippen LogP contribution in [-0.2, 0) is 0 Å². The molecule has 0 radical (unpaired) electrons. The molecule has 1 aliphatic rings. The van der Waals surface area contributed by atoms with Gasteiger partial charge in [0.15, 0.2) is 0 Å². The van der Waals surface area contributed by atoms with E-state index in [1.54, 1.807) is 35.2 Å². The fourth-order valence-corrected chi connectivity index (χ4v) is 3.32. The number of amides is 1. The van der Waals surface area contributed by atoms with E-state index in [1.165, 1.54) is 24.3 Å². The molecule has 0 unspecified atom stereocenters. The average Bonchev–Trinajstić information content (AvgIpc) is 3.20. The van der Waals surface area contributed by atoms with E-state index < -0.39 is 0 Å². The molecule has 0 atom stereocenters. The van der Waals surface area contributed by atoms with Gasteiger partial charge in [0.1, 0.15) is 17.3 Å². The number of nitrogens with one attached hydrogen (secondary N) is 1. The summed E-state index contributed by atoms with van der Waals surface area (Å²) in [7, 11) is 0. The van der Waals surface area contributed by atoms with Crippen molar-refractivity contribution in [2.24, 2.45) is 0 Å². The van der Waals surface area contributed by atoms with E-state index in [-0.39, 0.29) is 29.3 Å². The third kappa shape index (κ3) is 4.03. The third-order valence-electron chi connectivity index (χ3n) is 4.84. The fourth-order valence-electron chi connectivity index (χ4n) is 3.32. The van der Waals surface area contributed by atoms with Gasteiger partial charge in [0, 0.05) is 36.4 Å². The van der Waals surface area contributed by atoms with E-state index in [2.05, 4.69) is 10.5 Å². The number of piperidine rings is 1. The maximum Gasteiger partial charge on any atom is 0.292 e. The molecule has 1 saturated heterocycles. The summed E-state index contributed by atoms with van der Waals surface area (Å²) in [6.07, 6.45) is 1.54. The lowest BCUT2D eigenvalue weighted by molar-refractivity contribution is 0.0676. The molecule has 0 aliphatic carbocycles. The van der Waals surface area contributed by atoms with Gasteiger partial charge in [0.05, 0.1) is 0 Å². The molecule has 4 rings (SSSR count). The van der Waals surface area contributed by atoms with Gasteiger partial charge in [-0.05, 0) is 49.2 Å². The SMILES string of the molecule is O=C(c1cc(-c2cccc(F)c2)no1)N1CCC(Nc2ccc(F)cc2)CC1. The Labute approximate surface area is 160 Å². The van der Waals surface area contributed by atoms with E-state index in [0.29, 0.717) is 24.3 Å². The van der Waals surface area contributed by atoms with Crippen molar-refractivity contribution in [3.05, 3.63) is 72.0 Å². The fraction of sp³-hybridized carbons (Fsp3) is 0.238. The van der Waals surface area contributed by atoms with Gasteiger partial charge in [-0.25, -0.2) is 8.78 Å². The summed E-state index contributed by atoms with van der Waals surface area (Å²) in [5.74, 6) is -0.723. The monoisotopic (exact) mass is 383 g/mol. The Morgan fingerprint density at radius 2 is 1.79 bits per heavy atom. The topological polar surface area (TPSA) is 58.4 Å². The van der Waals surface area contributed by atoms with Crippen LogP contribution in [-0.4, -0.2) is 35.1 Å². The Morgan fingerprint density at radius 1 is 1.04 bits per heavy atom. The Bertz CT molecular complexity index is 964. The number of likely N-dealkylation sites (tertiary alicyclic amines) is 1. The lowest BCUT2D eigenvalue weighted by atomic mass is 10.0. The minimum atomic E-state index is -0.371. The zero-order valence-electron chi connectivity index (χ0n) is 15.1. The minimum absolute atomic E-state index is 0.143. The van der Waals surface area contributed by atoms with E-state index >= 15 is 0 Å². The number of hydrogen-bond acceptors (Lipinski definition) is 4. The standard InChI is InChI=1S/C21H19F2N3O2/c22-15-4-6-17(7-5-15)24-18-8-10-26(11-9-18)21(27)20-13-19(25-28-20)14-2-1-3-16(23)12-14/h1-7,12-13,18,24H,8-11H2. The van der Waals surface area contributed by atoms with Crippen molar-refractivity contribution in [3.63, 3.8) is 0 Å². The van der Waals surface area contributed by atoms with Crippen LogP contribution in [0.2, 0.25) is 0 Å². The second kappa shape index (κ2) is 7.80.